The number of likely N-dealkylation sites (N-methyl/N-ethyl adjacent to an activating group) is 2. The van der Waals surface area contributed by atoms with Crippen molar-refractivity contribution in [3.05, 3.63) is 30.1 Å². The number of hydrogen-bond acceptors (Lipinski definition) is 4. The molecule has 1 aromatic carbocycles. The van der Waals surface area contributed by atoms with Crippen molar-refractivity contribution in [2.75, 3.05) is 33.7 Å². The highest BCUT2D eigenvalue weighted by molar-refractivity contribution is 5.75. The van der Waals surface area contributed by atoms with Gasteiger partial charge in [-0.05, 0) is 31.8 Å². The second-order valence-corrected chi connectivity index (χ2v) is 5.20. The second-order valence-electron chi connectivity index (χ2n) is 5.20. The van der Waals surface area contributed by atoms with Gasteiger partial charge in [-0.15, -0.1) is 0 Å². The summed E-state index contributed by atoms with van der Waals surface area (Å²) in [5, 5.41) is 6.94. The molecule has 0 aliphatic carbocycles. The first kappa shape index (κ1) is 12.6. The van der Waals surface area contributed by atoms with Crippen LogP contribution in [0, 0.1) is 0 Å². The minimum absolute atomic E-state index is 0.325. The molecule has 2 heterocycles. The SMILES string of the molecule is CNC(c1ccc2nc[nH]c2c1)C1CNCCN1C. The summed E-state index contributed by atoms with van der Waals surface area (Å²) in [6.07, 6.45) is 1.75. The molecule has 1 fully saturated rings. The van der Waals surface area contributed by atoms with Gasteiger partial charge in [-0.1, -0.05) is 6.07 Å². The van der Waals surface area contributed by atoms with E-state index in [0.29, 0.717) is 12.1 Å². The van der Waals surface area contributed by atoms with Gasteiger partial charge in [-0.2, -0.15) is 0 Å². The molecule has 1 aliphatic rings. The van der Waals surface area contributed by atoms with Crippen molar-refractivity contribution >= 4 is 11.0 Å². The molecule has 0 spiro atoms. The highest BCUT2D eigenvalue weighted by atomic mass is 15.2. The van der Waals surface area contributed by atoms with Gasteiger partial charge in [0.2, 0.25) is 0 Å². The minimum Gasteiger partial charge on any atom is -0.345 e. The van der Waals surface area contributed by atoms with E-state index in [1.807, 2.05) is 7.05 Å². The van der Waals surface area contributed by atoms with E-state index in [-0.39, 0.29) is 0 Å². The molecule has 102 valence electrons. The monoisotopic (exact) mass is 259 g/mol. The predicted molar refractivity (Wildman–Crippen MR) is 77.2 cm³/mol. The summed E-state index contributed by atoms with van der Waals surface area (Å²) < 4.78 is 0. The quantitative estimate of drug-likeness (QED) is 0.760. The maximum atomic E-state index is 4.27. The Hall–Kier alpha value is -1.43. The van der Waals surface area contributed by atoms with Gasteiger partial charge in [0.1, 0.15) is 0 Å². The minimum atomic E-state index is 0.325. The highest BCUT2D eigenvalue weighted by Gasteiger charge is 2.27. The Morgan fingerprint density at radius 3 is 3.16 bits per heavy atom. The maximum Gasteiger partial charge on any atom is 0.0931 e. The average molecular weight is 259 g/mol. The first-order chi connectivity index (χ1) is 9.29. The van der Waals surface area contributed by atoms with Crippen molar-refractivity contribution in [1.82, 2.24) is 25.5 Å². The predicted octanol–water partition coefficient (Wildman–Crippen LogP) is 0.727. The Balaban J connectivity index is 1.91. The zero-order valence-electron chi connectivity index (χ0n) is 11.5. The van der Waals surface area contributed by atoms with Gasteiger partial charge in [-0.3, -0.25) is 4.90 Å². The molecule has 2 atom stereocenters. The molecule has 1 aliphatic heterocycles. The van der Waals surface area contributed by atoms with Crippen molar-refractivity contribution in [3.8, 4) is 0 Å². The Kier molecular flexibility index (Phi) is 3.50. The van der Waals surface area contributed by atoms with Crippen LogP contribution < -0.4 is 10.6 Å². The molecule has 2 aromatic rings. The summed E-state index contributed by atoms with van der Waals surface area (Å²) >= 11 is 0. The molecule has 3 rings (SSSR count). The van der Waals surface area contributed by atoms with Crippen molar-refractivity contribution in [1.29, 1.82) is 0 Å². The van der Waals surface area contributed by atoms with E-state index in [2.05, 4.69) is 50.7 Å². The number of fused-ring (bicyclic) bond motifs is 1. The Morgan fingerprint density at radius 2 is 2.37 bits per heavy atom. The standard InChI is InChI=1S/C14H21N5/c1-15-14(13-8-16-5-6-19(13)2)10-3-4-11-12(7-10)18-9-17-11/h3-4,7,9,13-16H,5-6,8H2,1-2H3,(H,17,18). The number of benzene rings is 1. The maximum absolute atomic E-state index is 4.27. The lowest BCUT2D eigenvalue weighted by Gasteiger charge is -2.38. The summed E-state index contributed by atoms with van der Waals surface area (Å²) in [6, 6.07) is 7.25. The zero-order chi connectivity index (χ0) is 13.2. The van der Waals surface area contributed by atoms with Crippen LogP contribution in [0.5, 0.6) is 0 Å². The molecule has 5 nitrogen and oxygen atoms in total. The van der Waals surface area contributed by atoms with Crippen LogP contribution >= 0.6 is 0 Å². The number of nitrogens with one attached hydrogen (secondary N) is 3. The van der Waals surface area contributed by atoms with Crippen LogP contribution in [-0.4, -0.2) is 54.6 Å². The number of aromatic amines is 1. The third kappa shape index (κ3) is 2.36. The van der Waals surface area contributed by atoms with Gasteiger partial charge in [0.05, 0.1) is 17.4 Å². The topological polar surface area (TPSA) is 56.0 Å². The molecule has 1 aromatic heterocycles. The van der Waals surface area contributed by atoms with Crippen LogP contribution in [-0.2, 0) is 0 Å². The molecule has 5 heteroatoms. The van der Waals surface area contributed by atoms with Gasteiger partial charge in [-0.25, -0.2) is 4.98 Å². The van der Waals surface area contributed by atoms with E-state index < -0.39 is 0 Å². The lowest BCUT2D eigenvalue weighted by molar-refractivity contribution is 0.162. The Morgan fingerprint density at radius 1 is 1.47 bits per heavy atom. The summed E-state index contributed by atoms with van der Waals surface area (Å²) in [6.45, 7) is 3.18. The fourth-order valence-electron chi connectivity index (χ4n) is 2.93. The number of imidazole rings is 1. The van der Waals surface area contributed by atoms with Gasteiger partial charge in [0, 0.05) is 31.7 Å². The Labute approximate surface area is 113 Å². The molecular weight excluding hydrogens is 238 g/mol. The number of aromatic nitrogens is 2. The largest absolute Gasteiger partial charge is 0.345 e. The number of nitrogens with zero attached hydrogens (tertiary/aromatic N) is 2. The molecule has 2 unspecified atom stereocenters. The van der Waals surface area contributed by atoms with Crippen molar-refractivity contribution in [3.63, 3.8) is 0 Å². The number of hydrogen-bond donors (Lipinski definition) is 3. The van der Waals surface area contributed by atoms with Crippen LogP contribution in [0.2, 0.25) is 0 Å². The molecule has 3 N–H and O–H groups in total. The molecule has 0 amide bonds. The average Bonchev–Trinajstić information content (AvgIpc) is 2.89. The third-order valence-electron chi connectivity index (χ3n) is 4.06. The van der Waals surface area contributed by atoms with Crippen molar-refractivity contribution in [2.45, 2.75) is 12.1 Å². The summed E-state index contributed by atoms with van der Waals surface area (Å²) in [7, 11) is 4.23. The molecule has 0 saturated carbocycles. The van der Waals surface area contributed by atoms with E-state index in [1.165, 1.54) is 5.56 Å². The first-order valence-corrected chi connectivity index (χ1v) is 6.81. The van der Waals surface area contributed by atoms with Crippen LogP contribution in [0.3, 0.4) is 0 Å². The van der Waals surface area contributed by atoms with Crippen LogP contribution in [0.1, 0.15) is 11.6 Å². The first-order valence-electron chi connectivity index (χ1n) is 6.81. The van der Waals surface area contributed by atoms with E-state index in [0.717, 1.165) is 30.7 Å². The summed E-state index contributed by atoms with van der Waals surface area (Å²) in [5.74, 6) is 0. The van der Waals surface area contributed by atoms with Crippen molar-refractivity contribution < 1.29 is 0 Å². The van der Waals surface area contributed by atoms with Gasteiger partial charge >= 0.3 is 0 Å². The van der Waals surface area contributed by atoms with E-state index in [1.54, 1.807) is 6.33 Å². The van der Waals surface area contributed by atoms with Gasteiger partial charge in [0.15, 0.2) is 0 Å². The number of piperazine rings is 1. The second kappa shape index (κ2) is 5.28. The lowest BCUT2D eigenvalue weighted by Crippen LogP contribution is -2.54. The molecule has 0 bridgehead atoms. The summed E-state index contributed by atoms with van der Waals surface area (Å²) in [4.78, 5) is 9.88. The number of rotatable bonds is 3. The third-order valence-corrected chi connectivity index (χ3v) is 4.06. The summed E-state index contributed by atoms with van der Waals surface area (Å²) in [5.41, 5.74) is 3.43. The molecular formula is C14H21N5. The van der Waals surface area contributed by atoms with E-state index in [9.17, 15) is 0 Å². The molecule has 0 radical (unpaired) electrons. The zero-order valence-corrected chi connectivity index (χ0v) is 11.5. The van der Waals surface area contributed by atoms with E-state index in [4.69, 9.17) is 0 Å². The van der Waals surface area contributed by atoms with Crippen LogP contribution in [0.4, 0.5) is 0 Å². The van der Waals surface area contributed by atoms with Crippen LogP contribution in [0.25, 0.3) is 11.0 Å². The number of H-pyrrole nitrogens is 1. The fourth-order valence-corrected chi connectivity index (χ4v) is 2.93. The smallest absolute Gasteiger partial charge is 0.0931 e. The van der Waals surface area contributed by atoms with Crippen molar-refractivity contribution in [2.24, 2.45) is 0 Å². The molecule has 1 saturated heterocycles. The fraction of sp³-hybridized carbons (Fsp3) is 0.500. The lowest BCUT2D eigenvalue weighted by atomic mass is 9.96. The normalized spacial score (nSPS) is 22.7. The van der Waals surface area contributed by atoms with Crippen LogP contribution in [0.15, 0.2) is 24.5 Å². The Bertz CT molecular complexity index is 550. The van der Waals surface area contributed by atoms with Gasteiger partial charge in [0.25, 0.3) is 0 Å². The molecule has 19 heavy (non-hydrogen) atoms. The van der Waals surface area contributed by atoms with E-state index >= 15 is 0 Å². The van der Waals surface area contributed by atoms with Gasteiger partial charge < -0.3 is 15.6 Å². The highest BCUT2D eigenvalue weighted by Crippen LogP contribution is 2.23.